The smallest absolute Gasteiger partial charge is 0.321 e. The van der Waals surface area contributed by atoms with Gasteiger partial charge >= 0.3 is 6.03 Å². The predicted molar refractivity (Wildman–Crippen MR) is 112 cm³/mol. The molecule has 0 spiro atoms. The number of rotatable bonds is 9. The topological polar surface area (TPSA) is 94.6 Å². The van der Waals surface area contributed by atoms with Gasteiger partial charge in [-0.05, 0) is 29.8 Å². The molecule has 0 fully saturated rings. The number of carbonyl (C=O) groups is 1. The Kier molecular flexibility index (Phi) is 7.37. The number of nitrogens with zero attached hydrogens (tertiary/aromatic N) is 2. The lowest BCUT2D eigenvalue weighted by atomic mass is 10.2. The second kappa shape index (κ2) is 10.4. The summed E-state index contributed by atoms with van der Waals surface area (Å²) in [6.45, 7) is 1.41. The summed E-state index contributed by atoms with van der Waals surface area (Å²) in [5, 5.41) is 5.91. The molecule has 0 unspecified atom stereocenters. The van der Waals surface area contributed by atoms with E-state index in [9.17, 15) is 4.79 Å². The van der Waals surface area contributed by atoms with E-state index < -0.39 is 0 Å². The molecule has 8 nitrogen and oxygen atoms in total. The van der Waals surface area contributed by atoms with Gasteiger partial charge in [0.25, 0.3) is 0 Å². The van der Waals surface area contributed by atoms with Gasteiger partial charge in [0.05, 0.1) is 13.7 Å². The molecule has 1 aromatic heterocycles. The summed E-state index contributed by atoms with van der Waals surface area (Å²) in [6.07, 6.45) is 0. The third-order valence-corrected chi connectivity index (χ3v) is 4.54. The highest BCUT2D eigenvalue weighted by atomic mass is 32.1. The molecule has 0 aliphatic carbocycles. The SMILES string of the molecule is COCCOc1ccc(CNC(=O)Nc2nc(-c3cccc(OC)c3)ns2)cc1. The van der Waals surface area contributed by atoms with Crippen molar-refractivity contribution in [3.63, 3.8) is 0 Å². The fourth-order valence-corrected chi connectivity index (χ4v) is 3.01. The molecule has 0 aliphatic heterocycles. The van der Waals surface area contributed by atoms with Crippen molar-refractivity contribution in [3.05, 3.63) is 54.1 Å². The zero-order chi connectivity index (χ0) is 20.5. The molecule has 152 valence electrons. The average Bonchev–Trinajstić information content (AvgIpc) is 3.22. The number of ether oxygens (including phenoxy) is 3. The van der Waals surface area contributed by atoms with E-state index in [4.69, 9.17) is 14.2 Å². The van der Waals surface area contributed by atoms with E-state index in [-0.39, 0.29) is 6.03 Å². The van der Waals surface area contributed by atoms with Gasteiger partial charge in [-0.25, -0.2) is 4.79 Å². The van der Waals surface area contributed by atoms with Crippen LogP contribution >= 0.6 is 11.5 Å². The first-order valence-corrected chi connectivity index (χ1v) is 9.69. The van der Waals surface area contributed by atoms with Gasteiger partial charge in [0.1, 0.15) is 18.1 Å². The van der Waals surface area contributed by atoms with Crippen LogP contribution < -0.4 is 20.1 Å². The number of aromatic nitrogens is 2. The highest BCUT2D eigenvalue weighted by Gasteiger charge is 2.10. The second-order valence-electron chi connectivity index (χ2n) is 5.95. The molecule has 9 heteroatoms. The minimum Gasteiger partial charge on any atom is -0.497 e. The van der Waals surface area contributed by atoms with Crippen molar-refractivity contribution < 1.29 is 19.0 Å². The summed E-state index contributed by atoms with van der Waals surface area (Å²) >= 11 is 1.12. The minimum atomic E-state index is -0.348. The predicted octanol–water partition coefficient (Wildman–Crippen LogP) is 3.56. The Labute approximate surface area is 173 Å². The molecule has 0 bridgehead atoms. The maximum Gasteiger partial charge on any atom is 0.321 e. The third kappa shape index (κ3) is 6.16. The summed E-state index contributed by atoms with van der Waals surface area (Å²) in [5.74, 6) is 2.02. The highest BCUT2D eigenvalue weighted by molar-refractivity contribution is 7.10. The second-order valence-corrected chi connectivity index (χ2v) is 6.70. The van der Waals surface area contributed by atoms with E-state index in [0.717, 1.165) is 34.2 Å². The van der Waals surface area contributed by atoms with Crippen molar-refractivity contribution in [2.24, 2.45) is 0 Å². The summed E-state index contributed by atoms with van der Waals surface area (Å²) < 4.78 is 19.9. The molecule has 0 saturated carbocycles. The van der Waals surface area contributed by atoms with Crippen LogP contribution in [0.5, 0.6) is 11.5 Å². The molecule has 2 N–H and O–H groups in total. The first-order chi connectivity index (χ1) is 14.2. The van der Waals surface area contributed by atoms with E-state index in [1.54, 1.807) is 14.2 Å². The number of carbonyl (C=O) groups excluding carboxylic acids is 1. The van der Waals surface area contributed by atoms with Crippen LogP contribution in [0, 0.1) is 0 Å². The molecule has 3 aromatic rings. The number of hydrogen-bond acceptors (Lipinski definition) is 7. The third-order valence-electron chi connectivity index (χ3n) is 3.91. The number of nitrogens with one attached hydrogen (secondary N) is 2. The molecule has 0 aliphatic rings. The van der Waals surface area contributed by atoms with Crippen molar-refractivity contribution >= 4 is 22.7 Å². The lowest BCUT2D eigenvalue weighted by Gasteiger charge is -2.08. The van der Waals surface area contributed by atoms with Gasteiger partial charge in [0.2, 0.25) is 5.13 Å². The molecule has 2 amide bonds. The van der Waals surface area contributed by atoms with Crippen LogP contribution in [0.15, 0.2) is 48.5 Å². The molecule has 3 rings (SSSR count). The molecule has 0 saturated heterocycles. The van der Waals surface area contributed by atoms with Crippen molar-refractivity contribution in [2.75, 3.05) is 32.8 Å². The summed E-state index contributed by atoms with van der Waals surface area (Å²) in [6, 6.07) is 14.6. The van der Waals surface area contributed by atoms with Crippen LogP contribution in [0.2, 0.25) is 0 Å². The van der Waals surface area contributed by atoms with E-state index in [1.807, 2.05) is 48.5 Å². The van der Waals surface area contributed by atoms with Crippen LogP contribution in [-0.4, -0.2) is 42.8 Å². The van der Waals surface area contributed by atoms with Crippen molar-refractivity contribution in [1.82, 2.24) is 14.7 Å². The van der Waals surface area contributed by atoms with Crippen molar-refractivity contribution in [3.8, 4) is 22.9 Å². The summed E-state index contributed by atoms with van der Waals surface area (Å²) in [7, 11) is 3.23. The first-order valence-electron chi connectivity index (χ1n) is 8.91. The lowest BCUT2D eigenvalue weighted by Crippen LogP contribution is -2.28. The number of amides is 2. The lowest BCUT2D eigenvalue weighted by molar-refractivity contribution is 0.146. The Bertz CT molecular complexity index is 930. The normalized spacial score (nSPS) is 10.4. The minimum absolute atomic E-state index is 0.348. The summed E-state index contributed by atoms with van der Waals surface area (Å²) in [4.78, 5) is 16.5. The van der Waals surface area contributed by atoms with Gasteiger partial charge in [-0.15, -0.1) is 0 Å². The number of urea groups is 1. The Morgan fingerprint density at radius 2 is 1.90 bits per heavy atom. The Hall–Kier alpha value is -3.17. The van der Waals surface area contributed by atoms with Gasteiger partial charge in [0.15, 0.2) is 5.82 Å². The fourth-order valence-electron chi connectivity index (χ4n) is 2.42. The van der Waals surface area contributed by atoms with E-state index in [1.165, 1.54) is 0 Å². The quantitative estimate of drug-likeness (QED) is 0.520. The first kappa shape index (κ1) is 20.6. The van der Waals surface area contributed by atoms with Gasteiger partial charge in [-0.1, -0.05) is 24.3 Å². The van der Waals surface area contributed by atoms with E-state index in [0.29, 0.717) is 30.7 Å². The number of hydrogen-bond donors (Lipinski definition) is 2. The van der Waals surface area contributed by atoms with Crippen molar-refractivity contribution in [2.45, 2.75) is 6.54 Å². The molecule has 0 radical (unpaired) electrons. The number of methoxy groups -OCH3 is 2. The maximum atomic E-state index is 12.1. The molecular weight excluding hydrogens is 392 g/mol. The zero-order valence-electron chi connectivity index (χ0n) is 16.2. The van der Waals surface area contributed by atoms with Crippen LogP contribution in [0.4, 0.5) is 9.93 Å². The average molecular weight is 414 g/mol. The van der Waals surface area contributed by atoms with Crippen molar-refractivity contribution in [1.29, 1.82) is 0 Å². The zero-order valence-corrected chi connectivity index (χ0v) is 17.0. The van der Waals surface area contributed by atoms with Crippen LogP contribution in [0.25, 0.3) is 11.4 Å². The van der Waals surface area contributed by atoms with Crippen LogP contribution in [0.1, 0.15) is 5.56 Å². The standard InChI is InChI=1S/C20H22N4O4S/c1-26-10-11-28-16-8-6-14(7-9-16)13-21-19(25)23-20-22-18(24-29-20)15-4-3-5-17(12-15)27-2/h3-9,12H,10-11,13H2,1-2H3,(H2,21,22,23,24,25). The molecule has 29 heavy (non-hydrogen) atoms. The number of benzene rings is 2. The molecule has 1 heterocycles. The summed E-state index contributed by atoms with van der Waals surface area (Å²) in [5.41, 5.74) is 1.77. The molecule has 0 atom stereocenters. The fraction of sp³-hybridized carbons (Fsp3) is 0.250. The van der Waals surface area contributed by atoms with Gasteiger partial charge in [-0.3, -0.25) is 5.32 Å². The Morgan fingerprint density at radius 3 is 2.66 bits per heavy atom. The number of anilines is 1. The van der Waals surface area contributed by atoms with Crippen LogP contribution in [-0.2, 0) is 11.3 Å². The molecular formula is C20H22N4O4S. The van der Waals surface area contributed by atoms with Gasteiger partial charge in [-0.2, -0.15) is 9.36 Å². The molecule has 2 aromatic carbocycles. The van der Waals surface area contributed by atoms with E-state index in [2.05, 4.69) is 20.0 Å². The monoisotopic (exact) mass is 414 g/mol. The maximum absolute atomic E-state index is 12.1. The highest BCUT2D eigenvalue weighted by Crippen LogP contribution is 2.24. The van der Waals surface area contributed by atoms with Crippen LogP contribution in [0.3, 0.4) is 0 Å². The Balaban J connectivity index is 1.49. The van der Waals surface area contributed by atoms with E-state index >= 15 is 0 Å². The van der Waals surface area contributed by atoms with Gasteiger partial charge < -0.3 is 19.5 Å². The Morgan fingerprint density at radius 1 is 1.07 bits per heavy atom. The largest absolute Gasteiger partial charge is 0.497 e. The van der Waals surface area contributed by atoms with Gasteiger partial charge in [0, 0.05) is 30.8 Å².